The number of allylic oxidation sites excluding steroid dienone is 2. The Morgan fingerprint density at radius 2 is 0.959 bits per heavy atom. The van der Waals surface area contributed by atoms with Gasteiger partial charge in [-0.3, -0.25) is 9.59 Å². The summed E-state index contributed by atoms with van der Waals surface area (Å²) in [7, 11) is 0. The summed E-state index contributed by atoms with van der Waals surface area (Å²) >= 11 is 0. The van der Waals surface area contributed by atoms with Crippen LogP contribution >= 0.6 is 0 Å². The molecule has 6 nitrogen and oxygen atoms in total. The predicted molar refractivity (Wildman–Crippen MR) is 209 cm³/mol. The molecule has 0 aliphatic heterocycles. The Labute approximate surface area is 304 Å². The highest BCUT2D eigenvalue weighted by atomic mass is 16.5. The molecule has 0 aliphatic carbocycles. The number of carbonyl (C=O) groups is 2. The molecule has 0 heterocycles. The highest BCUT2D eigenvalue weighted by Gasteiger charge is 2.20. The number of aliphatic hydroxyl groups is 2. The van der Waals surface area contributed by atoms with Gasteiger partial charge in [0.15, 0.2) is 0 Å². The Kier molecular flexibility index (Phi) is 38.3. The SMILES string of the molecule is CCCCC/C=C\CCCCCCCC(=O)OCCCCCCCCCCCCC(=O)NC(CO)C(O)CCCCCCCCCCCC. The Balaban J connectivity index is 3.49. The van der Waals surface area contributed by atoms with Gasteiger partial charge < -0.3 is 20.3 Å². The summed E-state index contributed by atoms with van der Waals surface area (Å²) in [5, 5.41) is 23.0. The van der Waals surface area contributed by atoms with Crippen molar-refractivity contribution in [1.82, 2.24) is 5.32 Å². The second kappa shape index (κ2) is 39.4. The minimum Gasteiger partial charge on any atom is -0.466 e. The van der Waals surface area contributed by atoms with E-state index in [1.165, 1.54) is 135 Å². The maximum absolute atomic E-state index is 12.4. The first-order chi connectivity index (χ1) is 24.0. The Bertz CT molecular complexity index is 727. The van der Waals surface area contributed by atoms with Gasteiger partial charge in [-0.25, -0.2) is 0 Å². The van der Waals surface area contributed by atoms with Crippen LogP contribution in [0.25, 0.3) is 0 Å². The van der Waals surface area contributed by atoms with E-state index in [2.05, 4.69) is 31.3 Å². The molecule has 49 heavy (non-hydrogen) atoms. The van der Waals surface area contributed by atoms with Crippen molar-refractivity contribution in [2.24, 2.45) is 0 Å². The maximum Gasteiger partial charge on any atom is 0.305 e. The van der Waals surface area contributed by atoms with Gasteiger partial charge in [-0.15, -0.1) is 0 Å². The Morgan fingerprint density at radius 1 is 0.551 bits per heavy atom. The van der Waals surface area contributed by atoms with Crippen LogP contribution in [-0.2, 0) is 14.3 Å². The molecule has 0 aromatic carbocycles. The molecular formula is C43H83NO5. The van der Waals surface area contributed by atoms with Crippen LogP contribution in [-0.4, -0.2) is 47.4 Å². The van der Waals surface area contributed by atoms with Crippen molar-refractivity contribution in [3.05, 3.63) is 12.2 Å². The second-order valence-corrected chi connectivity index (χ2v) is 14.7. The van der Waals surface area contributed by atoms with E-state index in [0.29, 0.717) is 25.9 Å². The van der Waals surface area contributed by atoms with E-state index >= 15 is 0 Å². The summed E-state index contributed by atoms with van der Waals surface area (Å²) in [4.78, 5) is 24.3. The van der Waals surface area contributed by atoms with E-state index in [0.717, 1.165) is 57.8 Å². The largest absolute Gasteiger partial charge is 0.466 e. The number of nitrogens with one attached hydrogen (secondary N) is 1. The lowest BCUT2D eigenvalue weighted by atomic mass is 10.0. The van der Waals surface area contributed by atoms with Crippen LogP contribution in [0.2, 0.25) is 0 Å². The molecule has 290 valence electrons. The highest BCUT2D eigenvalue weighted by molar-refractivity contribution is 5.76. The fourth-order valence-electron chi connectivity index (χ4n) is 6.45. The number of amides is 1. The number of hydrogen-bond donors (Lipinski definition) is 3. The molecular weight excluding hydrogens is 610 g/mol. The quantitative estimate of drug-likeness (QED) is 0.0338. The van der Waals surface area contributed by atoms with Crippen LogP contribution in [0.4, 0.5) is 0 Å². The molecule has 0 saturated carbocycles. The predicted octanol–water partition coefficient (Wildman–Crippen LogP) is 11.8. The van der Waals surface area contributed by atoms with Gasteiger partial charge in [0.05, 0.1) is 25.4 Å². The minimum atomic E-state index is -0.676. The number of carbonyl (C=O) groups excluding carboxylic acids is 2. The van der Waals surface area contributed by atoms with Gasteiger partial charge in [0, 0.05) is 12.8 Å². The van der Waals surface area contributed by atoms with Gasteiger partial charge in [-0.1, -0.05) is 174 Å². The number of unbranched alkanes of at least 4 members (excludes halogenated alkanes) is 26. The molecule has 2 atom stereocenters. The zero-order chi connectivity index (χ0) is 35.9. The minimum absolute atomic E-state index is 0.0297. The molecule has 6 heteroatoms. The van der Waals surface area contributed by atoms with Crippen LogP contribution in [0.1, 0.15) is 226 Å². The van der Waals surface area contributed by atoms with Gasteiger partial charge in [-0.05, 0) is 51.4 Å². The molecule has 0 spiro atoms. The first-order valence-electron chi connectivity index (χ1n) is 21.4. The van der Waals surface area contributed by atoms with E-state index in [9.17, 15) is 19.8 Å². The summed E-state index contributed by atoms with van der Waals surface area (Å²) in [6.07, 6.45) is 41.6. The van der Waals surface area contributed by atoms with Gasteiger partial charge in [0.25, 0.3) is 0 Å². The third-order valence-electron chi connectivity index (χ3n) is 9.81. The Hall–Kier alpha value is -1.40. The number of ether oxygens (including phenoxy) is 1. The molecule has 0 fully saturated rings. The lowest BCUT2D eigenvalue weighted by Gasteiger charge is -2.22. The molecule has 0 aliphatic rings. The molecule has 0 aromatic rings. The zero-order valence-electron chi connectivity index (χ0n) is 32.7. The highest BCUT2D eigenvalue weighted by Crippen LogP contribution is 2.15. The summed E-state index contributed by atoms with van der Waals surface area (Å²) in [6.45, 7) is 4.84. The van der Waals surface area contributed by atoms with Crippen molar-refractivity contribution < 1.29 is 24.5 Å². The smallest absolute Gasteiger partial charge is 0.305 e. The molecule has 0 saturated heterocycles. The molecule has 0 rings (SSSR count). The molecule has 2 unspecified atom stereocenters. The lowest BCUT2D eigenvalue weighted by molar-refractivity contribution is -0.143. The monoisotopic (exact) mass is 694 g/mol. The van der Waals surface area contributed by atoms with Crippen molar-refractivity contribution in [3.63, 3.8) is 0 Å². The first-order valence-corrected chi connectivity index (χ1v) is 21.4. The van der Waals surface area contributed by atoms with Crippen molar-refractivity contribution >= 4 is 11.9 Å². The van der Waals surface area contributed by atoms with Crippen LogP contribution in [0.5, 0.6) is 0 Å². The van der Waals surface area contributed by atoms with E-state index in [1.807, 2.05) is 0 Å². The molecule has 1 amide bonds. The normalized spacial score (nSPS) is 12.8. The third-order valence-corrected chi connectivity index (χ3v) is 9.81. The topological polar surface area (TPSA) is 95.9 Å². The standard InChI is InChI=1S/C43H83NO5/c1-3-5-7-9-11-13-15-16-21-25-29-33-37-43(48)49-38-34-30-26-22-18-17-20-24-28-32-36-42(47)44-40(39-45)41(46)35-31-27-23-19-14-12-10-8-6-4-2/h11,13,40-41,45-46H,3-10,12,14-39H2,1-2H3,(H,44,47)/b13-11-. The van der Waals surface area contributed by atoms with E-state index in [4.69, 9.17) is 4.74 Å². The number of rotatable bonds is 39. The number of esters is 1. The number of aliphatic hydroxyl groups excluding tert-OH is 2. The number of hydrogen-bond acceptors (Lipinski definition) is 5. The summed E-state index contributed by atoms with van der Waals surface area (Å²) < 4.78 is 5.42. The van der Waals surface area contributed by atoms with Crippen LogP contribution in [0, 0.1) is 0 Å². The van der Waals surface area contributed by atoms with Crippen LogP contribution in [0.3, 0.4) is 0 Å². The molecule has 0 radical (unpaired) electrons. The zero-order valence-corrected chi connectivity index (χ0v) is 32.7. The van der Waals surface area contributed by atoms with Gasteiger partial charge in [0.1, 0.15) is 0 Å². The van der Waals surface area contributed by atoms with Crippen molar-refractivity contribution in [2.75, 3.05) is 13.2 Å². The van der Waals surface area contributed by atoms with Gasteiger partial charge >= 0.3 is 5.97 Å². The second-order valence-electron chi connectivity index (χ2n) is 14.7. The fourth-order valence-corrected chi connectivity index (χ4v) is 6.45. The van der Waals surface area contributed by atoms with Gasteiger partial charge in [0.2, 0.25) is 5.91 Å². The van der Waals surface area contributed by atoms with E-state index in [-0.39, 0.29) is 18.5 Å². The average Bonchev–Trinajstić information content (AvgIpc) is 3.10. The molecule has 0 bridgehead atoms. The molecule has 3 N–H and O–H groups in total. The van der Waals surface area contributed by atoms with Crippen LogP contribution in [0.15, 0.2) is 12.2 Å². The third kappa shape index (κ3) is 36.2. The van der Waals surface area contributed by atoms with Crippen molar-refractivity contribution in [1.29, 1.82) is 0 Å². The summed E-state index contributed by atoms with van der Waals surface area (Å²) in [5.74, 6) is -0.0906. The summed E-state index contributed by atoms with van der Waals surface area (Å²) in [5.41, 5.74) is 0. The van der Waals surface area contributed by atoms with Crippen molar-refractivity contribution in [2.45, 2.75) is 238 Å². The average molecular weight is 694 g/mol. The van der Waals surface area contributed by atoms with E-state index in [1.54, 1.807) is 0 Å². The summed E-state index contributed by atoms with van der Waals surface area (Å²) in [6, 6.07) is -0.555. The van der Waals surface area contributed by atoms with E-state index < -0.39 is 12.1 Å². The Morgan fingerprint density at radius 3 is 1.49 bits per heavy atom. The van der Waals surface area contributed by atoms with Crippen molar-refractivity contribution in [3.8, 4) is 0 Å². The van der Waals surface area contributed by atoms with Crippen LogP contribution < -0.4 is 5.32 Å². The first kappa shape index (κ1) is 47.6. The van der Waals surface area contributed by atoms with Gasteiger partial charge in [-0.2, -0.15) is 0 Å². The molecule has 0 aromatic heterocycles. The fraction of sp³-hybridized carbons (Fsp3) is 0.907. The maximum atomic E-state index is 12.4. The lowest BCUT2D eigenvalue weighted by Crippen LogP contribution is -2.45.